The second-order valence-corrected chi connectivity index (χ2v) is 11.7. The number of nitrogens with one attached hydrogen (secondary N) is 1. The number of aliphatic imine (C=N–C) groups is 1. The normalized spacial score (nSPS) is 15.0. The van der Waals surface area contributed by atoms with Gasteiger partial charge in [-0.2, -0.15) is 0 Å². The lowest BCUT2D eigenvalue weighted by Gasteiger charge is -2.15. The summed E-state index contributed by atoms with van der Waals surface area (Å²) in [4.78, 5) is 32.7. The number of aryl methyl sites for hydroxylation is 1. The van der Waals surface area contributed by atoms with Gasteiger partial charge in [-0.3, -0.25) is 14.5 Å². The number of benzene rings is 4. The van der Waals surface area contributed by atoms with Crippen LogP contribution in [0.15, 0.2) is 105 Å². The molecule has 1 saturated heterocycles. The molecule has 6 nitrogen and oxygen atoms in total. The fourth-order valence-electron chi connectivity index (χ4n) is 3.93. The molecule has 0 aliphatic carbocycles. The molecule has 0 bridgehead atoms. The Morgan fingerprint density at radius 1 is 1.00 bits per heavy atom. The van der Waals surface area contributed by atoms with E-state index in [0.717, 1.165) is 11.1 Å². The highest BCUT2D eigenvalue weighted by molar-refractivity contribution is 9.10. The molecule has 10 heteroatoms. The predicted molar refractivity (Wildman–Crippen MR) is 172 cm³/mol. The van der Waals surface area contributed by atoms with E-state index in [1.54, 1.807) is 65.6 Å². The lowest BCUT2D eigenvalue weighted by atomic mass is 10.2. The molecular weight excluding hydrogens is 645 g/mol. The van der Waals surface area contributed by atoms with Gasteiger partial charge >= 0.3 is 0 Å². The van der Waals surface area contributed by atoms with E-state index in [9.17, 15) is 9.59 Å². The van der Waals surface area contributed by atoms with E-state index in [-0.39, 0.29) is 18.4 Å². The van der Waals surface area contributed by atoms with Gasteiger partial charge in [0.05, 0.1) is 20.8 Å². The smallest absolute Gasteiger partial charge is 0.271 e. The summed E-state index contributed by atoms with van der Waals surface area (Å²) in [6, 6.07) is 27.0. The highest BCUT2D eigenvalue weighted by Crippen LogP contribution is 2.38. The molecule has 41 heavy (non-hydrogen) atoms. The molecule has 1 aliphatic heterocycles. The van der Waals surface area contributed by atoms with Crippen LogP contribution in [0.2, 0.25) is 10.0 Å². The highest BCUT2D eigenvalue weighted by Gasteiger charge is 2.34. The maximum atomic E-state index is 13.6. The number of hydrogen-bond donors (Lipinski definition) is 1. The average molecular weight is 667 g/mol. The van der Waals surface area contributed by atoms with E-state index in [4.69, 9.17) is 32.9 Å². The summed E-state index contributed by atoms with van der Waals surface area (Å²) in [6.07, 6.45) is 1.79. The van der Waals surface area contributed by atoms with Gasteiger partial charge in [0.15, 0.2) is 11.8 Å². The first kappa shape index (κ1) is 29.0. The fraction of sp³-hybridized carbons (Fsp3) is 0.0645. The topological polar surface area (TPSA) is 71.0 Å². The number of carbonyl (C=O) groups is 2. The zero-order valence-corrected chi connectivity index (χ0v) is 25.5. The SMILES string of the molecule is Cc1cccc(NC(=O)COc2ccc(/C=C3\SC(=Nc4ccc(Cl)cc4)N(c4ccc(Cl)cc4)C3=O)cc2Br)c1. The first-order valence-electron chi connectivity index (χ1n) is 12.4. The third kappa shape index (κ3) is 7.40. The molecule has 0 atom stereocenters. The van der Waals surface area contributed by atoms with Crippen molar-refractivity contribution in [1.82, 2.24) is 0 Å². The number of nitrogens with zero attached hydrogens (tertiary/aromatic N) is 2. The van der Waals surface area contributed by atoms with Gasteiger partial charge in [0, 0.05) is 15.7 Å². The van der Waals surface area contributed by atoms with E-state index < -0.39 is 0 Å². The first-order valence-corrected chi connectivity index (χ1v) is 14.7. The molecule has 0 aromatic heterocycles. The Labute approximate surface area is 260 Å². The lowest BCUT2D eigenvalue weighted by Crippen LogP contribution is -2.28. The number of anilines is 2. The van der Waals surface area contributed by atoms with Crippen molar-refractivity contribution in [2.75, 3.05) is 16.8 Å². The van der Waals surface area contributed by atoms with Crippen LogP contribution in [0.5, 0.6) is 5.75 Å². The Kier molecular flexibility index (Phi) is 9.15. The summed E-state index contributed by atoms with van der Waals surface area (Å²) >= 11 is 16.9. The van der Waals surface area contributed by atoms with E-state index in [1.807, 2.05) is 43.3 Å². The number of amidine groups is 1. The van der Waals surface area contributed by atoms with Crippen molar-refractivity contribution in [3.05, 3.63) is 122 Å². The zero-order chi connectivity index (χ0) is 28.9. The van der Waals surface area contributed by atoms with Gasteiger partial charge in [-0.05, 0) is 125 Å². The van der Waals surface area contributed by atoms with Crippen molar-refractivity contribution in [2.24, 2.45) is 4.99 Å². The molecule has 5 rings (SSSR count). The molecule has 206 valence electrons. The molecule has 0 spiro atoms. The monoisotopic (exact) mass is 665 g/mol. The fourth-order valence-corrected chi connectivity index (χ4v) is 5.70. The van der Waals surface area contributed by atoms with Gasteiger partial charge in [-0.25, -0.2) is 4.99 Å². The molecule has 4 aromatic carbocycles. The van der Waals surface area contributed by atoms with E-state index in [2.05, 4.69) is 21.2 Å². The van der Waals surface area contributed by atoms with E-state index >= 15 is 0 Å². The third-order valence-electron chi connectivity index (χ3n) is 5.86. The number of halogens is 3. The van der Waals surface area contributed by atoms with Crippen LogP contribution in [0.1, 0.15) is 11.1 Å². The number of amides is 2. The highest BCUT2D eigenvalue weighted by atomic mass is 79.9. The lowest BCUT2D eigenvalue weighted by molar-refractivity contribution is -0.118. The standard InChI is InChI=1S/C31H22BrCl2N3O3S/c1-19-3-2-4-24(15-19)35-29(38)18-40-27-14-5-20(16-26(27)32)17-28-30(39)37(25-12-8-22(34)9-13-25)31(41-28)36-23-10-6-21(33)7-11-23/h2-17H,18H2,1H3,(H,35,38)/b28-17-,36-31?. The van der Waals surface area contributed by atoms with Gasteiger partial charge < -0.3 is 10.1 Å². The molecule has 0 saturated carbocycles. The Hall–Kier alpha value is -3.56. The summed E-state index contributed by atoms with van der Waals surface area (Å²) in [6.45, 7) is 1.81. The number of thioether (sulfide) groups is 1. The first-order chi connectivity index (χ1) is 19.7. The Morgan fingerprint density at radius 2 is 1.71 bits per heavy atom. The minimum atomic E-state index is -0.267. The maximum Gasteiger partial charge on any atom is 0.271 e. The molecule has 1 aliphatic rings. The number of rotatable bonds is 7. The quantitative estimate of drug-likeness (QED) is 0.200. The Bertz CT molecular complexity index is 1680. The van der Waals surface area contributed by atoms with Crippen molar-refractivity contribution in [1.29, 1.82) is 0 Å². The van der Waals surface area contributed by atoms with Crippen LogP contribution in [0.25, 0.3) is 6.08 Å². The van der Waals surface area contributed by atoms with Crippen molar-refractivity contribution >= 4 is 91.0 Å². The second kappa shape index (κ2) is 13.0. The van der Waals surface area contributed by atoms with Crippen LogP contribution < -0.4 is 15.0 Å². The van der Waals surface area contributed by atoms with Crippen LogP contribution in [0, 0.1) is 6.92 Å². The van der Waals surface area contributed by atoms with Gasteiger partial charge in [0.1, 0.15) is 5.75 Å². The number of carbonyl (C=O) groups excluding carboxylic acids is 2. The van der Waals surface area contributed by atoms with Crippen LogP contribution >= 0.6 is 50.9 Å². The van der Waals surface area contributed by atoms with Gasteiger partial charge in [0.25, 0.3) is 11.8 Å². The molecule has 0 unspecified atom stereocenters. The summed E-state index contributed by atoms with van der Waals surface area (Å²) in [5, 5.41) is 4.50. The minimum Gasteiger partial charge on any atom is -0.483 e. The summed E-state index contributed by atoms with van der Waals surface area (Å²) in [5.41, 5.74) is 3.85. The minimum absolute atomic E-state index is 0.151. The van der Waals surface area contributed by atoms with Crippen LogP contribution in [0.3, 0.4) is 0 Å². The maximum absolute atomic E-state index is 13.6. The molecular formula is C31H22BrCl2N3O3S. The van der Waals surface area contributed by atoms with Gasteiger partial charge in [-0.1, -0.05) is 41.4 Å². The molecule has 0 radical (unpaired) electrons. The van der Waals surface area contributed by atoms with Crippen molar-refractivity contribution in [3.8, 4) is 5.75 Å². The third-order valence-corrected chi connectivity index (χ3v) is 7.95. The Morgan fingerprint density at radius 3 is 2.39 bits per heavy atom. The van der Waals surface area contributed by atoms with Gasteiger partial charge in [0.2, 0.25) is 0 Å². The molecule has 1 heterocycles. The largest absolute Gasteiger partial charge is 0.483 e. The van der Waals surface area contributed by atoms with Crippen molar-refractivity contribution < 1.29 is 14.3 Å². The summed E-state index contributed by atoms with van der Waals surface area (Å²) in [7, 11) is 0. The molecule has 2 amide bonds. The average Bonchev–Trinajstić information content (AvgIpc) is 3.24. The van der Waals surface area contributed by atoms with Crippen molar-refractivity contribution in [2.45, 2.75) is 6.92 Å². The summed E-state index contributed by atoms with van der Waals surface area (Å²) in [5.74, 6) is 0.0236. The van der Waals surface area contributed by atoms with E-state index in [1.165, 1.54) is 11.8 Å². The second-order valence-electron chi connectivity index (χ2n) is 8.99. The molecule has 1 N–H and O–H groups in total. The molecule has 4 aromatic rings. The van der Waals surface area contributed by atoms with Crippen LogP contribution in [0.4, 0.5) is 17.1 Å². The predicted octanol–water partition coefficient (Wildman–Crippen LogP) is 8.89. The van der Waals surface area contributed by atoms with Crippen LogP contribution in [-0.2, 0) is 9.59 Å². The Balaban J connectivity index is 1.34. The van der Waals surface area contributed by atoms with E-state index in [0.29, 0.717) is 47.4 Å². The zero-order valence-electron chi connectivity index (χ0n) is 21.6. The van der Waals surface area contributed by atoms with Gasteiger partial charge in [-0.15, -0.1) is 0 Å². The number of hydrogen-bond acceptors (Lipinski definition) is 5. The van der Waals surface area contributed by atoms with Crippen LogP contribution in [-0.4, -0.2) is 23.6 Å². The molecule has 1 fully saturated rings. The van der Waals surface area contributed by atoms with Crippen molar-refractivity contribution in [3.63, 3.8) is 0 Å². The number of ether oxygens (including phenoxy) is 1. The summed E-state index contributed by atoms with van der Waals surface area (Å²) < 4.78 is 6.37.